The van der Waals surface area contributed by atoms with Crippen molar-refractivity contribution in [3.05, 3.63) is 64.3 Å². The number of halogens is 1. The minimum atomic E-state index is -1.27. The summed E-state index contributed by atoms with van der Waals surface area (Å²) in [6.07, 6.45) is 1.61. The van der Waals surface area contributed by atoms with Crippen molar-refractivity contribution in [1.29, 1.82) is 0 Å². The number of amides is 2. The van der Waals surface area contributed by atoms with Gasteiger partial charge in [0, 0.05) is 16.0 Å². The number of rotatable bonds is 11. The van der Waals surface area contributed by atoms with Crippen LogP contribution in [0.4, 0.5) is 9.52 Å². The lowest BCUT2D eigenvalue weighted by Crippen LogP contribution is -2.71. The molecule has 4 heterocycles. The molecule has 2 aromatic heterocycles. The van der Waals surface area contributed by atoms with Crippen LogP contribution in [0.1, 0.15) is 5.69 Å². The van der Waals surface area contributed by atoms with Crippen LogP contribution < -0.4 is 11.1 Å². The van der Waals surface area contributed by atoms with Gasteiger partial charge in [-0.3, -0.25) is 14.5 Å². The van der Waals surface area contributed by atoms with Gasteiger partial charge in [-0.1, -0.05) is 30.0 Å². The van der Waals surface area contributed by atoms with Gasteiger partial charge in [0.15, 0.2) is 10.8 Å². The molecule has 40 heavy (non-hydrogen) atoms. The van der Waals surface area contributed by atoms with E-state index < -0.39 is 42.5 Å². The van der Waals surface area contributed by atoms with Crippen LogP contribution >= 0.6 is 34.9 Å². The van der Waals surface area contributed by atoms with Crippen molar-refractivity contribution in [2.75, 3.05) is 24.8 Å². The first-order valence-electron chi connectivity index (χ1n) is 11.5. The number of carbonyl (C=O) groups excluding carboxylic acids is 2. The highest BCUT2D eigenvalue weighted by Crippen LogP contribution is 2.45. The highest BCUT2D eigenvalue weighted by Gasteiger charge is 2.54. The number of β-lactam (4-membered cyclic amide) rings is 1. The topological polar surface area (TPSA) is 174 Å². The molecule has 0 aliphatic carbocycles. The minimum Gasteiger partial charge on any atom is -0.477 e. The number of oxime groups is 1. The number of anilines is 1. The van der Waals surface area contributed by atoms with E-state index in [0.29, 0.717) is 9.93 Å². The second-order valence-electron chi connectivity index (χ2n) is 8.05. The van der Waals surface area contributed by atoms with Gasteiger partial charge in [0.1, 0.15) is 41.1 Å². The molecule has 1 aromatic carbocycles. The monoisotopic (exact) mass is 605 g/mol. The number of nitrogen functional groups attached to an aromatic ring is 1. The molecule has 2 aliphatic heterocycles. The number of fused-ring (bicyclic) bond motifs is 1. The number of nitrogens with two attached hydrogens (primary N) is 1. The molecule has 3 aromatic rings. The van der Waals surface area contributed by atoms with Crippen LogP contribution in [0, 0.1) is 0 Å². The van der Waals surface area contributed by atoms with E-state index in [0.717, 1.165) is 21.9 Å². The summed E-state index contributed by atoms with van der Waals surface area (Å²) in [4.78, 5) is 53.2. The largest absolute Gasteiger partial charge is 0.477 e. The van der Waals surface area contributed by atoms with Gasteiger partial charge in [0.05, 0.1) is 11.9 Å². The third-order valence-corrected chi connectivity index (χ3v) is 8.82. The first-order valence-corrected chi connectivity index (χ1v) is 14.3. The number of carbonyl (C=O) groups is 3. The zero-order chi connectivity index (χ0) is 28.2. The number of nitrogens with one attached hydrogen (secondary N) is 1. The third kappa shape index (κ3) is 5.53. The average molecular weight is 606 g/mol. The first-order chi connectivity index (χ1) is 19.4. The van der Waals surface area contributed by atoms with Crippen molar-refractivity contribution in [2.45, 2.75) is 16.4 Å². The van der Waals surface area contributed by atoms with Crippen LogP contribution in [0.5, 0.6) is 0 Å². The third-order valence-electron chi connectivity index (χ3n) is 5.58. The number of benzene rings is 1. The van der Waals surface area contributed by atoms with Gasteiger partial charge in [-0.2, -0.15) is 9.99 Å². The highest BCUT2D eigenvalue weighted by molar-refractivity contribution is 8.06. The Kier molecular flexibility index (Phi) is 8.34. The Morgan fingerprint density at radius 1 is 1.30 bits per heavy atom. The van der Waals surface area contributed by atoms with Crippen molar-refractivity contribution in [2.24, 2.45) is 5.16 Å². The van der Waals surface area contributed by atoms with Crippen LogP contribution in [0.3, 0.4) is 0 Å². The summed E-state index contributed by atoms with van der Waals surface area (Å²) in [7, 11) is 0. The Bertz CT molecular complexity index is 1490. The fourth-order valence-electron chi connectivity index (χ4n) is 3.87. The number of para-hydroxylation sites is 1. The molecule has 2 aliphatic rings. The van der Waals surface area contributed by atoms with Crippen molar-refractivity contribution in [1.82, 2.24) is 25.0 Å². The summed E-state index contributed by atoms with van der Waals surface area (Å²) in [5.41, 5.74) is 6.01. The van der Waals surface area contributed by atoms with E-state index in [1.165, 1.54) is 28.9 Å². The number of aromatic nitrogens is 3. The molecule has 208 valence electrons. The molecule has 0 radical (unpaired) electrons. The minimum absolute atomic E-state index is 0.0589. The van der Waals surface area contributed by atoms with E-state index in [4.69, 9.17) is 5.73 Å². The van der Waals surface area contributed by atoms with Crippen molar-refractivity contribution < 1.29 is 33.8 Å². The van der Waals surface area contributed by atoms with Gasteiger partial charge in [-0.05, 0) is 23.4 Å². The summed E-state index contributed by atoms with van der Waals surface area (Å²) in [5, 5.41) is 22.1. The van der Waals surface area contributed by atoms with Crippen molar-refractivity contribution >= 4 is 63.5 Å². The molecule has 2 atom stereocenters. The van der Waals surface area contributed by atoms with Gasteiger partial charge >= 0.3 is 5.97 Å². The Balaban J connectivity index is 1.34. The molecule has 5 rings (SSSR count). The Hall–Kier alpha value is -3.93. The van der Waals surface area contributed by atoms with Crippen LogP contribution in [-0.4, -0.2) is 78.7 Å². The molecular weight excluding hydrogens is 585 g/mol. The van der Waals surface area contributed by atoms with E-state index in [9.17, 15) is 23.9 Å². The van der Waals surface area contributed by atoms with Crippen molar-refractivity contribution in [3.8, 4) is 5.69 Å². The number of aliphatic carboxylic acids is 1. The summed E-state index contributed by atoms with van der Waals surface area (Å²) < 4.78 is 14.0. The van der Waals surface area contributed by atoms with Crippen LogP contribution in [0.25, 0.3) is 5.69 Å². The lowest BCUT2D eigenvalue weighted by molar-refractivity contribution is -0.296. The summed E-state index contributed by atoms with van der Waals surface area (Å²) in [5.74, 6) is -2.43. The molecular formula is C23H20FN7O6S3. The van der Waals surface area contributed by atoms with Gasteiger partial charge < -0.3 is 16.2 Å². The number of carboxylic acid groups (broad SMARTS) is 1. The highest BCUT2D eigenvalue weighted by atomic mass is 32.2. The Morgan fingerprint density at radius 3 is 2.80 bits per heavy atom. The van der Waals surface area contributed by atoms with E-state index >= 15 is 0 Å². The molecule has 1 fully saturated rings. The second-order valence-corrected chi connectivity index (χ2v) is 11.2. The number of thioether (sulfide) groups is 2. The van der Waals surface area contributed by atoms with Crippen LogP contribution in [0.15, 0.2) is 68.8 Å². The standard InChI is InChI=1S/C23H20FN7O6S3/c24-7-9-36-37-29-16(13-10-39-23(25)27-13)19(32)28-17-20(33)30-18(22(34)35)14(11-38-21(17)30)40-15-6-8-26-31(15)12-4-2-1-3-5-12/h1-6,8,10,17,21H,7,9,11H2,(H2,25,27)(H,28,32)(H,34,35)/b29-16-/t17-,21-/m1/s1. The van der Waals surface area contributed by atoms with Gasteiger partial charge in [0.2, 0.25) is 0 Å². The quantitative estimate of drug-likeness (QED) is 0.0959. The fraction of sp³-hybridized carbons (Fsp3) is 0.217. The molecule has 0 spiro atoms. The molecule has 0 unspecified atom stereocenters. The molecule has 0 saturated carbocycles. The maximum absolute atomic E-state index is 13.1. The van der Waals surface area contributed by atoms with Gasteiger partial charge in [-0.25, -0.2) is 23.8 Å². The van der Waals surface area contributed by atoms with E-state index in [1.807, 2.05) is 30.3 Å². The molecule has 4 N–H and O–H groups in total. The smallest absolute Gasteiger partial charge is 0.353 e. The summed E-state index contributed by atoms with van der Waals surface area (Å²) in [6, 6.07) is 10.1. The van der Waals surface area contributed by atoms with Crippen LogP contribution in [0.2, 0.25) is 0 Å². The van der Waals surface area contributed by atoms with Gasteiger partial charge in [0.25, 0.3) is 11.8 Å². The normalized spacial score (nSPS) is 18.8. The number of alkyl halides is 1. The van der Waals surface area contributed by atoms with Crippen molar-refractivity contribution in [3.63, 3.8) is 0 Å². The van der Waals surface area contributed by atoms with E-state index in [2.05, 4.69) is 30.4 Å². The number of nitrogens with zero attached hydrogens (tertiary/aromatic N) is 5. The molecule has 2 amide bonds. The van der Waals surface area contributed by atoms with Crippen LogP contribution in [-0.2, 0) is 24.3 Å². The summed E-state index contributed by atoms with van der Waals surface area (Å²) >= 11 is 3.55. The predicted octanol–water partition coefficient (Wildman–Crippen LogP) is 2.02. The molecule has 13 nitrogen and oxygen atoms in total. The lowest BCUT2D eigenvalue weighted by atomic mass is 10.0. The predicted molar refractivity (Wildman–Crippen MR) is 145 cm³/mol. The SMILES string of the molecule is Nc1nc(/C(=N/OOCCF)C(=O)N[C@@H]2C(=O)N3C(C(=O)O)=C(Sc4ccnn4-c4ccccc4)CS[C@H]23)cs1. The molecule has 17 heteroatoms. The molecule has 0 bridgehead atoms. The molecule has 1 saturated heterocycles. The average Bonchev–Trinajstić information content (AvgIpc) is 3.60. The fourth-order valence-corrected chi connectivity index (χ4v) is 6.95. The van der Waals surface area contributed by atoms with E-state index in [-0.39, 0.29) is 28.0 Å². The maximum Gasteiger partial charge on any atom is 0.353 e. The number of carboxylic acids is 1. The maximum atomic E-state index is 13.1. The van der Waals surface area contributed by atoms with E-state index in [1.54, 1.807) is 16.9 Å². The van der Waals surface area contributed by atoms with Gasteiger partial charge in [-0.15, -0.1) is 23.1 Å². The lowest BCUT2D eigenvalue weighted by Gasteiger charge is -2.49. The number of hydrogen-bond acceptors (Lipinski definition) is 12. The Morgan fingerprint density at radius 2 is 2.10 bits per heavy atom. The zero-order valence-corrected chi connectivity index (χ0v) is 22.7. The summed E-state index contributed by atoms with van der Waals surface area (Å²) in [6.45, 7) is -1.25. The second kappa shape index (κ2) is 12.1. The number of hydrogen-bond donors (Lipinski definition) is 3. The zero-order valence-electron chi connectivity index (χ0n) is 20.3. The Labute approximate surface area is 238 Å². The number of thiazole rings is 1. The first kappa shape index (κ1) is 27.6.